The number of hydrogen-bond acceptors (Lipinski definition) is 14. The van der Waals surface area contributed by atoms with Crippen LogP contribution in [0.25, 0.3) is 6.08 Å². The van der Waals surface area contributed by atoms with Gasteiger partial charge in [0.15, 0.2) is 46.7 Å². The van der Waals surface area contributed by atoms with E-state index in [1.807, 2.05) is 18.2 Å². The van der Waals surface area contributed by atoms with Gasteiger partial charge in [0, 0.05) is 12.0 Å². The third-order valence-electron chi connectivity index (χ3n) is 8.67. The van der Waals surface area contributed by atoms with Gasteiger partial charge in [0.25, 0.3) is 0 Å². The highest BCUT2D eigenvalue weighted by atomic mass is 16.7. The van der Waals surface area contributed by atoms with Crippen LogP contribution in [0.1, 0.15) is 16.7 Å². The van der Waals surface area contributed by atoms with E-state index in [0.29, 0.717) is 29.9 Å². The number of methoxy groups -OCH3 is 3. The molecule has 0 unspecified atom stereocenters. The van der Waals surface area contributed by atoms with E-state index in [9.17, 15) is 35.1 Å². The lowest BCUT2D eigenvalue weighted by atomic mass is 9.85. The molecule has 3 aromatic carbocycles. The van der Waals surface area contributed by atoms with Gasteiger partial charge in [-0.25, -0.2) is 4.79 Å². The lowest BCUT2D eigenvalue weighted by molar-refractivity contribution is -0.280. The molecule has 14 heteroatoms. The highest BCUT2D eigenvalue weighted by Gasteiger charge is 2.48. The van der Waals surface area contributed by atoms with Crippen LogP contribution in [0.15, 0.2) is 60.7 Å². The van der Waals surface area contributed by atoms with Crippen molar-refractivity contribution < 1.29 is 68.3 Å². The van der Waals surface area contributed by atoms with Crippen LogP contribution in [0.2, 0.25) is 0 Å². The number of rotatable bonds is 13. The number of cyclic esters (lactones) is 1. The Balaban J connectivity index is 1.27. The third kappa shape index (κ3) is 8.22. The van der Waals surface area contributed by atoms with Crippen LogP contribution in [0.5, 0.6) is 34.5 Å². The number of benzene rings is 3. The van der Waals surface area contributed by atoms with Gasteiger partial charge in [-0.05, 0) is 72.0 Å². The predicted molar refractivity (Wildman–Crippen MR) is 175 cm³/mol. The molecule has 2 fully saturated rings. The molecule has 3 aromatic rings. The van der Waals surface area contributed by atoms with Crippen molar-refractivity contribution in [1.82, 2.24) is 0 Å². The summed E-state index contributed by atoms with van der Waals surface area (Å²) in [4.78, 5) is 25.4. The van der Waals surface area contributed by atoms with E-state index >= 15 is 0 Å². The van der Waals surface area contributed by atoms with Crippen molar-refractivity contribution in [2.75, 3.05) is 34.5 Å². The summed E-state index contributed by atoms with van der Waals surface area (Å²) in [7, 11) is 4.54. The van der Waals surface area contributed by atoms with Gasteiger partial charge < -0.3 is 58.7 Å². The van der Waals surface area contributed by atoms with E-state index < -0.39 is 49.2 Å². The first-order valence-electron chi connectivity index (χ1n) is 15.8. The third-order valence-corrected chi connectivity index (χ3v) is 8.67. The molecule has 0 saturated carbocycles. The van der Waals surface area contributed by atoms with Gasteiger partial charge in [-0.15, -0.1) is 0 Å². The molecule has 0 spiro atoms. The SMILES string of the molecule is COc1ccc(C[C@H]2COC(=O)[C@@H]2Cc2ccc(O[C@@H]3O[C@H](CO)[C@@H](O)[C@H](OC(=O)/C=C/c4ccc(O)c(O)c4)[C@H]3O)c(OC)c2)cc1OC. The summed E-state index contributed by atoms with van der Waals surface area (Å²) in [6.45, 7) is -0.407. The minimum atomic E-state index is -1.70. The van der Waals surface area contributed by atoms with Crippen molar-refractivity contribution in [3.63, 3.8) is 0 Å². The normalized spacial score (nSPS) is 24.8. The number of carbonyl (C=O) groups excluding carboxylic acids is 2. The molecule has 0 bridgehead atoms. The van der Waals surface area contributed by atoms with Crippen LogP contribution >= 0.6 is 0 Å². The number of phenols is 2. The number of ether oxygens (including phenoxy) is 7. The molecule has 2 aliphatic rings. The quantitative estimate of drug-likeness (QED) is 0.0989. The fourth-order valence-electron chi connectivity index (χ4n) is 5.95. The molecule has 0 radical (unpaired) electrons. The highest BCUT2D eigenvalue weighted by molar-refractivity contribution is 5.87. The summed E-state index contributed by atoms with van der Waals surface area (Å²) in [5.74, 6) is -0.920. The molecular formula is C36H40O14. The first kappa shape index (κ1) is 36.3. The number of esters is 2. The molecule has 14 nitrogen and oxygen atoms in total. The maximum absolute atomic E-state index is 12.8. The summed E-state index contributed by atoms with van der Waals surface area (Å²) in [5, 5.41) is 50.8. The molecule has 0 aromatic heterocycles. The van der Waals surface area contributed by atoms with Crippen LogP contribution in [0.3, 0.4) is 0 Å². The second kappa shape index (κ2) is 16.1. The Morgan fingerprint density at radius 3 is 2.16 bits per heavy atom. The van der Waals surface area contributed by atoms with Crippen molar-refractivity contribution in [2.45, 2.75) is 43.5 Å². The van der Waals surface area contributed by atoms with Crippen LogP contribution < -0.4 is 18.9 Å². The van der Waals surface area contributed by atoms with Crippen molar-refractivity contribution in [3.05, 3.63) is 77.4 Å². The molecule has 50 heavy (non-hydrogen) atoms. The van der Waals surface area contributed by atoms with Gasteiger partial charge in [0.1, 0.15) is 12.2 Å². The van der Waals surface area contributed by atoms with Crippen LogP contribution in [0, 0.1) is 11.8 Å². The van der Waals surface area contributed by atoms with E-state index in [1.54, 1.807) is 32.4 Å². The summed E-state index contributed by atoms with van der Waals surface area (Å²) in [6.07, 6.45) is -4.40. The van der Waals surface area contributed by atoms with E-state index in [-0.39, 0.29) is 41.5 Å². The minimum Gasteiger partial charge on any atom is -0.504 e. The predicted octanol–water partition coefficient (Wildman–Crippen LogP) is 2.14. The van der Waals surface area contributed by atoms with Gasteiger partial charge in [0.05, 0.1) is 40.5 Å². The summed E-state index contributed by atoms with van der Waals surface area (Å²) < 4.78 is 38.6. The second-order valence-electron chi connectivity index (χ2n) is 11.9. The molecule has 2 saturated heterocycles. The Hall–Kier alpha value is -5.02. The van der Waals surface area contributed by atoms with Gasteiger partial charge in [-0.1, -0.05) is 18.2 Å². The Labute approximate surface area is 288 Å². The zero-order chi connectivity index (χ0) is 35.9. The fourth-order valence-corrected chi connectivity index (χ4v) is 5.95. The van der Waals surface area contributed by atoms with Crippen molar-refractivity contribution in [1.29, 1.82) is 0 Å². The minimum absolute atomic E-state index is 0.0992. The van der Waals surface area contributed by atoms with E-state index in [4.69, 9.17) is 33.2 Å². The molecule has 5 rings (SSSR count). The van der Waals surface area contributed by atoms with Gasteiger partial charge in [-0.3, -0.25) is 4.79 Å². The lowest BCUT2D eigenvalue weighted by Crippen LogP contribution is -2.61. The smallest absolute Gasteiger partial charge is 0.331 e. The summed E-state index contributed by atoms with van der Waals surface area (Å²) >= 11 is 0. The molecule has 268 valence electrons. The molecule has 2 aliphatic heterocycles. The van der Waals surface area contributed by atoms with Crippen molar-refractivity contribution in [3.8, 4) is 34.5 Å². The summed E-state index contributed by atoms with van der Waals surface area (Å²) in [5.41, 5.74) is 2.09. The number of carbonyl (C=O) groups is 2. The Kier molecular flexibility index (Phi) is 11.7. The number of phenolic OH excluding ortho intramolecular Hbond substituents is 2. The average Bonchev–Trinajstić information content (AvgIpc) is 3.46. The maximum atomic E-state index is 12.8. The van der Waals surface area contributed by atoms with Crippen molar-refractivity contribution >= 4 is 18.0 Å². The zero-order valence-corrected chi connectivity index (χ0v) is 27.6. The second-order valence-corrected chi connectivity index (χ2v) is 11.9. The maximum Gasteiger partial charge on any atom is 0.331 e. The Bertz CT molecular complexity index is 1690. The number of aliphatic hydroxyl groups excluding tert-OH is 3. The van der Waals surface area contributed by atoms with Gasteiger partial charge >= 0.3 is 11.9 Å². The fraction of sp³-hybridized carbons (Fsp3) is 0.389. The molecule has 0 amide bonds. The standard InChI is InChI=1S/C36H40O14/c1-44-26-9-5-20(15-28(26)45-2)12-22-18-47-35(43)23(22)13-21-6-10-27(29(16-21)46-3)48-36-33(42)34(32(41)30(17-37)49-36)50-31(40)11-7-19-4-8-24(38)25(39)14-19/h4-11,14-16,22-23,30,32-34,36-39,41-42H,12-13,17-18H2,1-3H3/b11-7+/t22-,23+,30+,32+,33+,34-,36+/m0/s1. The van der Waals surface area contributed by atoms with E-state index in [0.717, 1.165) is 17.2 Å². The Morgan fingerprint density at radius 2 is 1.50 bits per heavy atom. The largest absolute Gasteiger partial charge is 0.504 e. The zero-order valence-electron chi connectivity index (χ0n) is 27.6. The first-order valence-corrected chi connectivity index (χ1v) is 15.8. The van der Waals surface area contributed by atoms with Gasteiger partial charge in [-0.2, -0.15) is 0 Å². The average molecular weight is 697 g/mol. The van der Waals surface area contributed by atoms with Crippen LogP contribution in [0.4, 0.5) is 0 Å². The number of aromatic hydroxyl groups is 2. The molecule has 2 heterocycles. The van der Waals surface area contributed by atoms with Crippen LogP contribution in [-0.4, -0.2) is 103 Å². The molecular weight excluding hydrogens is 656 g/mol. The molecule has 0 aliphatic carbocycles. The highest BCUT2D eigenvalue weighted by Crippen LogP contribution is 2.36. The first-order chi connectivity index (χ1) is 24.0. The van der Waals surface area contributed by atoms with Gasteiger partial charge in [0.2, 0.25) is 6.29 Å². The monoisotopic (exact) mass is 696 g/mol. The number of aliphatic hydroxyl groups is 3. The Morgan fingerprint density at radius 1 is 0.840 bits per heavy atom. The lowest BCUT2D eigenvalue weighted by Gasteiger charge is -2.41. The van der Waals surface area contributed by atoms with E-state index in [2.05, 4.69) is 0 Å². The topological polar surface area (TPSA) is 200 Å². The summed E-state index contributed by atoms with van der Waals surface area (Å²) in [6, 6.07) is 14.5. The van der Waals surface area contributed by atoms with Crippen molar-refractivity contribution in [2.24, 2.45) is 11.8 Å². The molecule has 7 atom stereocenters. The number of hydrogen-bond donors (Lipinski definition) is 5. The van der Waals surface area contributed by atoms with Crippen LogP contribution in [-0.2, 0) is 36.6 Å². The van der Waals surface area contributed by atoms with E-state index in [1.165, 1.54) is 31.4 Å². The molecule has 5 N–H and O–H groups in total.